The Morgan fingerprint density at radius 3 is 1.93 bits per heavy atom. The van der Waals surface area contributed by atoms with E-state index in [1.165, 1.54) is 18.2 Å². The first-order chi connectivity index (χ1) is 13.4. The van der Waals surface area contributed by atoms with Crippen molar-refractivity contribution in [3.05, 3.63) is 90.5 Å². The maximum atomic E-state index is 12.1. The van der Waals surface area contributed by atoms with Crippen molar-refractivity contribution in [1.29, 1.82) is 0 Å². The van der Waals surface area contributed by atoms with Crippen LogP contribution in [0.2, 0.25) is 0 Å². The zero-order chi connectivity index (χ0) is 20.0. The zero-order valence-corrected chi connectivity index (χ0v) is 18.5. The van der Waals surface area contributed by atoms with Crippen LogP contribution < -0.4 is 39.6 Å². The van der Waals surface area contributed by atoms with Crippen molar-refractivity contribution in [2.75, 3.05) is 10.0 Å². The molecule has 3 aromatic rings. The summed E-state index contributed by atoms with van der Waals surface area (Å²) in [4.78, 5) is 12.1. The van der Waals surface area contributed by atoms with Gasteiger partial charge in [0.1, 0.15) is 0 Å². The summed E-state index contributed by atoms with van der Waals surface area (Å²) < 4.78 is 33.8. The average molecular weight is 416 g/mol. The summed E-state index contributed by atoms with van der Waals surface area (Å²) in [7, 11) is -4.55. The third-order valence-electron chi connectivity index (χ3n) is 3.84. The smallest absolute Gasteiger partial charge is 0.731 e. The van der Waals surface area contributed by atoms with E-state index in [0.717, 1.165) is 11.1 Å². The predicted molar refractivity (Wildman–Crippen MR) is 109 cm³/mol. The van der Waals surface area contributed by atoms with Gasteiger partial charge in [-0.3, -0.25) is 9.52 Å². The minimum atomic E-state index is -4.55. The molecule has 0 saturated heterocycles. The maximum Gasteiger partial charge on any atom is 1.00 e. The molecule has 0 atom stereocenters. The Hall–Kier alpha value is -2.42. The second kappa shape index (κ2) is 10.4. The first-order valence-electron chi connectivity index (χ1n) is 8.37. The molecule has 0 heterocycles. The van der Waals surface area contributed by atoms with Crippen LogP contribution in [0, 0.1) is 0 Å². The molecule has 0 spiro atoms. The molecule has 3 aromatic carbocycles. The summed E-state index contributed by atoms with van der Waals surface area (Å²) in [5.74, 6) is -0.295. The van der Waals surface area contributed by atoms with Gasteiger partial charge in [0.2, 0.25) is 5.91 Å². The molecule has 0 aromatic heterocycles. The second-order valence-corrected chi connectivity index (χ2v) is 7.06. The van der Waals surface area contributed by atoms with Crippen LogP contribution in [0.1, 0.15) is 5.56 Å². The topological polar surface area (TPSA) is 98.3 Å². The van der Waals surface area contributed by atoms with Crippen LogP contribution in [0.3, 0.4) is 0 Å². The van der Waals surface area contributed by atoms with Crippen molar-refractivity contribution in [3.8, 4) is 11.1 Å². The molecule has 29 heavy (non-hydrogen) atoms. The summed E-state index contributed by atoms with van der Waals surface area (Å²) in [5, 5.41) is 2.77. The molecule has 3 rings (SSSR count). The van der Waals surface area contributed by atoms with Gasteiger partial charge in [-0.05, 0) is 47.0 Å². The third-order valence-corrected chi connectivity index (χ3v) is 4.33. The number of nitrogens with one attached hydrogen (secondary N) is 2. The number of hydrogen-bond acceptors (Lipinski definition) is 4. The van der Waals surface area contributed by atoms with Gasteiger partial charge in [0.15, 0.2) is 10.3 Å². The minimum absolute atomic E-state index is 0. The molecule has 0 fully saturated rings. The summed E-state index contributed by atoms with van der Waals surface area (Å²) in [6.45, 7) is 0. The fourth-order valence-electron chi connectivity index (χ4n) is 2.54. The Morgan fingerprint density at radius 2 is 1.34 bits per heavy atom. The number of carbonyl (C=O) groups excluding carboxylic acids is 1. The van der Waals surface area contributed by atoms with Gasteiger partial charge < -0.3 is 9.87 Å². The summed E-state index contributed by atoms with van der Waals surface area (Å²) >= 11 is 0. The third kappa shape index (κ3) is 7.49. The first kappa shape index (κ1) is 22.9. The Balaban J connectivity index is 0.00000300. The van der Waals surface area contributed by atoms with Crippen molar-refractivity contribution >= 4 is 33.7 Å². The summed E-state index contributed by atoms with van der Waals surface area (Å²) in [6, 6.07) is 23.5. The van der Waals surface area contributed by atoms with Crippen molar-refractivity contribution in [2.45, 2.75) is 0 Å². The quantitative estimate of drug-likeness (QED) is 0.354. The van der Waals surface area contributed by atoms with Gasteiger partial charge in [-0.25, -0.2) is 8.42 Å². The molecule has 2 N–H and O–H groups in total. The molecule has 8 heteroatoms. The van der Waals surface area contributed by atoms with Crippen LogP contribution in [0.25, 0.3) is 17.2 Å². The monoisotopic (exact) mass is 416 g/mol. The largest absolute Gasteiger partial charge is 1.00 e. The van der Waals surface area contributed by atoms with E-state index in [4.69, 9.17) is 0 Å². The standard InChI is InChI=1S/C21H18N2O4S.Na/c24-21(15-8-16-6-11-20(12-7-16)23-28(25,26)27)22-19-13-9-18(10-14-19)17-4-2-1-3-5-17;/h1-15,23H,(H,22,24)(H,25,26,27);/q;+1/p-1/b15-8+;. The van der Waals surface area contributed by atoms with Crippen LogP contribution in [0.15, 0.2) is 84.9 Å². The second-order valence-electron chi connectivity index (χ2n) is 5.94. The van der Waals surface area contributed by atoms with Gasteiger partial charge in [-0.2, -0.15) is 0 Å². The molecule has 1 amide bonds. The van der Waals surface area contributed by atoms with Gasteiger partial charge in [-0.1, -0.05) is 54.6 Å². The Bertz CT molecular complexity index is 1080. The van der Waals surface area contributed by atoms with Crippen molar-refractivity contribution in [3.63, 3.8) is 0 Å². The molecule has 0 aliphatic carbocycles. The van der Waals surface area contributed by atoms with Gasteiger partial charge >= 0.3 is 29.6 Å². The molecule has 6 nitrogen and oxygen atoms in total. The van der Waals surface area contributed by atoms with E-state index in [1.54, 1.807) is 18.2 Å². The molecule has 0 aliphatic heterocycles. The van der Waals surface area contributed by atoms with E-state index in [2.05, 4.69) is 5.32 Å². The molecule has 0 unspecified atom stereocenters. The summed E-state index contributed by atoms with van der Waals surface area (Å²) in [5.41, 5.74) is 3.68. The van der Waals surface area contributed by atoms with Crippen molar-refractivity contribution < 1.29 is 47.3 Å². The number of carbonyl (C=O) groups is 1. The number of hydrogen-bond donors (Lipinski definition) is 2. The number of anilines is 2. The fourth-order valence-corrected chi connectivity index (χ4v) is 2.96. The number of rotatable bonds is 6. The minimum Gasteiger partial charge on any atom is -0.731 e. The van der Waals surface area contributed by atoms with Gasteiger partial charge in [-0.15, -0.1) is 0 Å². The first-order valence-corrected chi connectivity index (χ1v) is 9.78. The van der Waals surface area contributed by atoms with E-state index < -0.39 is 10.3 Å². The maximum absolute atomic E-state index is 12.1. The zero-order valence-electron chi connectivity index (χ0n) is 15.7. The van der Waals surface area contributed by atoms with Crippen LogP contribution in [0.5, 0.6) is 0 Å². The molecule has 142 valence electrons. The predicted octanol–water partition coefficient (Wildman–Crippen LogP) is 0.882. The van der Waals surface area contributed by atoms with E-state index in [0.29, 0.717) is 11.3 Å². The molecule has 0 radical (unpaired) electrons. The van der Waals surface area contributed by atoms with E-state index in [-0.39, 0.29) is 41.2 Å². The normalized spacial score (nSPS) is 10.9. The van der Waals surface area contributed by atoms with Crippen molar-refractivity contribution in [2.24, 2.45) is 0 Å². The molecular formula is C21H17N2NaO4S. The Kier molecular flexibility index (Phi) is 8.19. The van der Waals surface area contributed by atoms with E-state index in [1.807, 2.05) is 59.3 Å². The fraction of sp³-hybridized carbons (Fsp3) is 0. The van der Waals surface area contributed by atoms with Crippen molar-refractivity contribution in [1.82, 2.24) is 0 Å². The van der Waals surface area contributed by atoms with Crippen LogP contribution in [-0.2, 0) is 15.1 Å². The van der Waals surface area contributed by atoms with Crippen LogP contribution in [0.4, 0.5) is 11.4 Å². The Labute approximate surface area is 191 Å². The van der Waals surface area contributed by atoms with E-state index in [9.17, 15) is 17.8 Å². The number of benzene rings is 3. The van der Waals surface area contributed by atoms with Gasteiger partial charge in [0, 0.05) is 17.5 Å². The van der Waals surface area contributed by atoms with E-state index >= 15 is 0 Å². The van der Waals surface area contributed by atoms with Gasteiger partial charge in [0.25, 0.3) is 0 Å². The average Bonchev–Trinajstić information content (AvgIpc) is 2.68. The number of amides is 1. The van der Waals surface area contributed by atoms with Crippen LogP contribution in [-0.4, -0.2) is 18.9 Å². The van der Waals surface area contributed by atoms with Gasteiger partial charge in [0.05, 0.1) is 0 Å². The molecule has 0 bridgehead atoms. The Morgan fingerprint density at radius 1 is 0.793 bits per heavy atom. The SMILES string of the molecule is O=C(/C=C/c1ccc(NS(=O)(=O)[O-])cc1)Nc1ccc(-c2ccccc2)cc1.[Na+]. The van der Waals surface area contributed by atoms with Crippen LogP contribution >= 0.6 is 0 Å². The summed E-state index contributed by atoms with van der Waals surface area (Å²) in [6.07, 6.45) is 2.96. The molecular weight excluding hydrogens is 399 g/mol. The molecule has 0 saturated carbocycles. The molecule has 0 aliphatic rings.